The van der Waals surface area contributed by atoms with E-state index in [9.17, 15) is 4.79 Å². The summed E-state index contributed by atoms with van der Waals surface area (Å²) >= 11 is 3.76. The summed E-state index contributed by atoms with van der Waals surface area (Å²) in [5.41, 5.74) is 6.60. The van der Waals surface area contributed by atoms with Gasteiger partial charge >= 0.3 is 0 Å². The van der Waals surface area contributed by atoms with Crippen LogP contribution in [0.1, 0.15) is 38.3 Å². The molecule has 0 aliphatic carbocycles. The number of thioether (sulfide) groups is 1. The smallest absolute Gasteiger partial charge is 0.218 e. The molecule has 1 aromatic heterocycles. The molecule has 3 nitrogen and oxygen atoms in total. The molecule has 5 heteroatoms. The molecule has 0 fully saturated rings. The summed E-state index contributed by atoms with van der Waals surface area (Å²) in [5.74, 6) is -0.242. The minimum atomic E-state index is -0.242. The van der Waals surface area contributed by atoms with E-state index in [4.69, 9.17) is 5.73 Å². The maximum absolute atomic E-state index is 10.9. The van der Waals surface area contributed by atoms with E-state index in [0.717, 1.165) is 6.42 Å². The normalized spacial score (nSPS) is 25.3. The molecule has 1 aromatic rings. The molecule has 2 rings (SSSR count). The van der Waals surface area contributed by atoms with Crippen molar-refractivity contribution in [1.82, 2.24) is 5.32 Å². The highest BCUT2D eigenvalue weighted by Gasteiger charge is 2.27. The standard InChI is InChI=1S/C12H18N2OS2/c1-7(5-11(13)15)14-10-6-8(2)17-12-9(10)3-4-16-12/h3-4,7-8,10,14H,5-6H2,1-2H3,(H2,13,15)/t7?,8-,10?/m0/s1. The van der Waals surface area contributed by atoms with E-state index in [0.29, 0.717) is 17.7 Å². The highest BCUT2D eigenvalue weighted by molar-refractivity contribution is 8.01. The van der Waals surface area contributed by atoms with E-state index in [1.165, 1.54) is 9.77 Å². The van der Waals surface area contributed by atoms with Crippen LogP contribution in [0.3, 0.4) is 0 Å². The number of nitrogens with two attached hydrogens (primary N) is 1. The lowest BCUT2D eigenvalue weighted by atomic mass is 10.0. The van der Waals surface area contributed by atoms with Crippen molar-refractivity contribution in [2.24, 2.45) is 5.73 Å². The van der Waals surface area contributed by atoms with Crippen LogP contribution in [0.15, 0.2) is 15.7 Å². The molecule has 3 N–H and O–H groups in total. The summed E-state index contributed by atoms with van der Waals surface area (Å²) in [6, 6.07) is 2.69. The van der Waals surface area contributed by atoms with Crippen LogP contribution in [0.4, 0.5) is 0 Å². The summed E-state index contributed by atoms with van der Waals surface area (Å²) in [4.78, 5) is 10.9. The topological polar surface area (TPSA) is 55.1 Å². The molecule has 94 valence electrons. The van der Waals surface area contributed by atoms with Gasteiger partial charge in [0.2, 0.25) is 5.91 Å². The van der Waals surface area contributed by atoms with E-state index in [2.05, 4.69) is 23.7 Å². The van der Waals surface area contributed by atoms with Crippen LogP contribution in [0.25, 0.3) is 0 Å². The quantitative estimate of drug-likeness (QED) is 0.884. The number of thiophene rings is 1. The van der Waals surface area contributed by atoms with Crippen LogP contribution in [0, 0.1) is 0 Å². The van der Waals surface area contributed by atoms with Crippen molar-refractivity contribution in [3.63, 3.8) is 0 Å². The van der Waals surface area contributed by atoms with Crippen molar-refractivity contribution in [3.05, 3.63) is 17.0 Å². The zero-order valence-electron chi connectivity index (χ0n) is 10.1. The van der Waals surface area contributed by atoms with Gasteiger partial charge in [-0.3, -0.25) is 4.79 Å². The number of fused-ring (bicyclic) bond motifs is 1. The average molecular weight is 270 g/mol. The minimum absolute atomic E-state index is 0.139. The first-order chi connectivity index (χ1) is 8.06. The Hall–Kier alpha value is -0.520. The number of rotatable bonds is 4. The first kappa shape index (κ1) is 12.9. The minimum Gasteiger partial charge on any atom is -0.370 e. The molecule has 1 amide bonds. The summed E-state index contributed by atoms with van der Waals surface area (Å²) in [6.45, 7) is 4.27. The zero-order valence-corrected chi connectivity index (χ0v) is 11.7. The first-order valence-corrected chi connectivity index (χ1v) is 7.60. The number of nitrogens with one attached hydrogen (secondary N) is 1. The molecule has 0 saturated heterocycles. The van der Waals surface area contributed by atoms with Crippen LogP contribution in [0.5, 0.6) is 0 Å². The first-order valence-electron chi connectivity index (χ1n) is 5.84. The molecule has 0 spiro atoms. The monoisotopic (exact) mass is 270 g/mol. The Bertz CT molecular complexity index is 405. The number of amides is 1. The third-order valence-corrected chi connectivity index (χ3v) is 5.25. The maximum Gasteiger partial charge on any atom is 0.218 e. The van der Waals surface area contributed by atoms with Gasteiger partial charge in [0.05, 0.1) is 4.21 Å². The molecular weight excluding hydrogens is 252 g/mol. The van der Waals surface area contributed by atoms with Crippen LogP contribution >= 0.6 is 23.1 Å². The third kappa shape index (κ3) is 3.24. The molecule has 1 aliphatic heterocycles. The van der Waals surface area contributed by atoms with E-state index in [-0.39, 0.29) is 11.9 Å². The predicted molar refractivity (Wildman–Crippen MR) is 73.4 cm³/mol. The van der Waals surface area contributed by atoms with Gasteiger partial charge in [0.25, 0.3) is 0 Å². The van der Waals surface area contributed by atoms with Crippen molar-refractivity contribution >= 4 is 29.0 Å². The number of primary amides is 1. The van der Waals surface area contributed by atoms with E-state index in [1.807, 2.05) is 18.7 Å². The van der Waals surface area contributed by atoms with Crippen molar-refractivity contribution in [3.8, 4) is 0 Å². The fourth-order valence-electron chi connectivity index (χ4n) is 2.21. The molecule has 0 aromatic carbocycles. The van der Waals surface area contributed by atoms with Crippen LogP contribution in [-0.4, -0.2) is 17.2 Å². The Balaban J connectivity index is 2.04. The molecule has 0 bridgehead atoms. The molecule has 1 aliphatic rings. The highest BCUT2D eigenvalue weighted by atomic mass is 32.2. The van der Waals surface area contributed by atoms with Gasteiger partial charge in [-0.05, 0) is 30.4 Å². The predicted octanol–water partition coefficient (Wildman–Crippen LogP) is 2.53. The molecule has 2 unspecified atom stereocenters. The Morgan fingerprint density at radius 3 is 3.18 bits per heavy atom. The zero-order chi connectivity index (χ0) is 12.4. The van der Waals surface area contributed by atoms with Crippen molar-refractivity contribution < 1.29 is 4.79 Å². The van der Waals surface area contributed by atoms with Crippen LogP contribution in [-0.2, 0) is 4.79 Å². The lowest BCUT2D eigenvalue weighted by Crippen LogP contribution is -2.36. The van der Waals surface area contributed by atoms with Crippen LogP contribution in [0.2, 0.25) is 0 Å². The van der Waals surface area contributed by atoms with Gasteiger partial charge in [0, 0.05) is 23.8 Å². The fourth-order valence-corrected chi connectivity index (χ4v) is 4.78. The van der Waals surface area contributed by atoms with Gasteiger partial charge in [0.15, 0.2) is 0 Å². The van der Waals surface area contributed by atoms with Gasteiger partial charge in [-0.1, -0.05) is 6.92 Å². The van der Waals surface area contributed by atoms with Gasteiger partial charge < -0.3 is 11.1 Å². The van der Waals surface area contributed by atoms with Gasteiger partial charge in [-0.25, -0.2) is 0 Å². The largest absolute Gasteiger partial charge is 0.370 e. The Morgan fingerprint density at radius 2 is 2.47 bits per heavy atom. The lowest BCUT2D eigenvalue weighted by molar-refractivity contribution is -0.118. The summed E-state index contributed by atoms with van der Waals surface area (Å²) in [7, 11) is 0. The number of carbonyl (C=O) groups excluding carboxylic acids is 1. The highest BCUT2D eigenvalue weighted by Crippen LogP contribution is 2.43. The van der Waals surface area contributed by atoms with Gasteiger partial charge in [0.1, 0.15) is 0 Å². The second-order valence-corrected chi connectivity index (χ2v) is 7.24. The number of hydrogen-bond donors (Lipinski definition) is 2. The van der Waals surface area contributed by atoms with E-state index < -0.39 is 0 Å². The fraction of sp³-hybridized carbons (Fsp3) is 0.583. The summed E-state index contributed by atoms with van der Waals surface area (Å²) in [5, 5.41) is 6.28. The summed E-state index contributed by atoms with van der Waals surface area (Å²) in [6.07, 6.45) is 1.51. The second-order valence-electron chi connectivity index (χ2n) is 4.62. The SMILES string of the molecule is CC(CC(N)=O)NC1C[C@H](C)Sc2sccc21. The molecule has 3 atom stereocenters. The summed E-state index contributed by atoms with van der Waals surface area (Å²) < 4.78 is 1.41. The average Bonchev–Trinajstić information content (AvgIpc) is 2.63. The second kappa shape index (κ2) is 5.42. The lowest BCUT2D eigenvalue weighted by Gasteiger charge is -2.29. The Morgan fingerprint density at radius 1 is 1.71 bits per heavy atom. The van der Waals surface area contributed by atoms with Crippen molar-refractivity contribution in [2.45, 2.75) is 48.2 Å². The maximum atomic E-state index is 10.9. The molecule has 0 saturated carbocycles. The van der Waals surface area contributed by atoms with E-state index >= 15 is 0 Å². The van der Waals surface area contributed by atoms with Crippen molar-refractivity contribution in [2.75, 3.05) is 0 Å². The van der Waals surface area contributed by atoms with Crippen molar-refractivity contribution in [1.29, 1.82) is 0 Å². The van der Waals surface area contributed by atoms with Gasteiger partial charge in [-0.15, -0.1) is 23.1 Å². The number of carbonyl (C=O) groups is 1. The van der Waals surface area contributed by atoms with E-state index in [1.54, 1.807) is 11.3 Å². The Kier molecular flexibility index (Phi) is 4.12. The molecule has 17 heavy (non-hydrogen) atoms. The molecule has 0 radical (unpaired) electrons. The van der Waals surface area contributed by atoms with Crippen LogP contribution < -0.4 is 11.1 Å². The molecule has 2 heterocycles. The number of hydrogen-bond acceptors (Lipinski definition) is 4. The Labute approximate surface area is 110 Å². The third-order valence-electron chi connectivity index (χ3n) is 2.90. The molecular formula is C12H18N2OS2. The van der Waals surface area contributed by atoms with Gasteiger partial charge in [-0.2, -0.15) is 0 Å².